The van der Waals surface area contributed by atoms with E-state index in [0.717, 1.165) is 0 Å². The zero-order valence-corrected chi connectivity index (χ0v) is 9.18. The van der Waals surface area contributed by atoms with E-state index in [1.807, 2.05) is 0 Å². The van der Waals surface area contributed by atoms with Crippen LogP contribution in [0.25, 0.3) is 0 Å². The van der Waals surface area contributed by atoms with E-state index in [2.05, 4.69) is 0 Å². The Hall–Kier alpha value is 2.06. The number of rotatable bonds is 0. The first-order valence-corrected chi connectivity index (χ1v) is 2.10. The van der Waals surface area contributed by atoms with Crippen molar-refractivity contribution in [1.29, 1.82) is 0 Å². The summed E-state index contributed by atoms with van der Waals surface area (Å²) in [5.74, 6) is 0. The van der Waals surface area contributed by atoms with E-state index in [1.165, 1.54) is 0 Å². The van der Waals surface area contributed by atoms with Crippen LogP contribution in [0.5, 0.6) is 0 Å². The van der Waals surface area contributed by atoms with Crippen LogP contribution in [0.3, 0.4) is 0 Å². The molecule has 0 saturated heterocycles. The van der Waals surface area contributed by atoms with Gasteiger partial charge in [0, 0.05) is 21.7 Å². The predicted octanol–water partition coefficient (Wildman–Crippen LogP) is -0.811. The van der Waals surface area contributed by atoms with E-state index in [0.29, 0.717) is 0 Å². The molecule has 0 aromatic rings. The molecule has 0 aliphatic carbocycles. The van der Waals surface area contributed by atoms with Crippen molar-refractivity contribution in [3.63, 3.8) is 0 Å². The van der Waals surface area contributed by atoms with Crippen LogP contribution in [-0.4, -0.2) is 63.0 Å². The molecule has 0 aliphatic rings. The van der Waals surface area contributed by atoms with Crippen LogP contribution in [-0.2, 0) is 32.1 Å². The average Bonchev–Trinajstić information content (AvgIpc) is 0.722. The van der Waals surface area contributed by atoms with Crippen LogP contribution in [0.2, 0.25) is 0 Å². The van der Waals surface area contributed by atoms with Crippen LogP contribution < -0.4 is 0 Å². The van der Waals surface area contributed by atoms with Gasteiger partial charge in [0.15, 0.2) is 0 Å². The van der Waals surface area contributed by atoms with Gasteiger partial charge in [-0.05, 0) is 0 Å². The molecule has 0 aromatic carbocycles. The molecule has 0 fully saturated rings. The zero-order valence-electron chi connectivity index (χ0n) is 5.33. The first-order chi connectivity index (χ1) is 2.00. The standard InChI is InChI=1S/H2O4S.Sr.Ti.2H/c1-5(2,3)4;;;;/h(H2,1,2,3,4);;;;/q;+2;;2*-1. The molecular weight excluding hydrogens is 232 g/mol. The van der Waals surface area contributed by atoms with Crippen LogP contribution in [0.4, 0.5) is 0 Å². The number of hydrogen-bond acceptors (Lipinski definition) is 2. The zero-order chi connectivity index (χ0) is 4.50. The molecule has 0 spiro atoms. The van der Waals surface area contributed by atoms with Crippen molar-refractivity contribution in [2.24, 2.45) is 0 Å². The summed E-state index contributed by atoms with van der Waals surface area (Å²) in [5.41, 5.74) is 0. The largest absolute Gasteiger partial charge is 2.00 e. The Morgan fingerprint density at radius 3 is 1.29 bits per heavy atom. The predicted molar refractivity (Wildman–Crippen MR) is 22.2 cm³/mol. The van der Waals surface area contributed by atoms with Crippen LogP contribution >= 0.6 is 0 Å². The van der Waals surface area contributed by atoms with Crippen LogP contribution in [0.1, 0.15) is 2.85 Å². The SMILES string of the molecule is O=S(=O)(O)O.[H-].[H-].[Sr+2].[Ti]. The fraction of sp³-hybridized carbons (Fsp3) is 0. The van der Waals surface area contributed by atoms with E-state index in [1.54, 1.807) is 0 Å². The smallest absolute Gasteiger partial charge is 1.00 e. The Bertz CT molecular complexity index is 102. The Morgan fingerprint density at radius 2 is 1.29 bits per heavy atom. The molecule has 0 saturated carbocycles. The Morgan fingerprint density at radius 1 is 1.29 bits per heavy atom. The quantitative estimate of drug-likeness (QED) is 0.425. The summed E-state index contributed by atoms with van der Waals surface area (Å²) in [6.07, 6.45) is 0. The molecule has 0 radical (unpaired) electrons. The normalized spacial score (nSPS) is 8.29. The average molecular weight is 236 g/mol. The topological polar surface area (TPSA) is 74.6 Å². The van der Waals surface area contributed by atoms with Crippen molar-refractivity contribution < 1.29 is 42.1 Å². The summed E-state index contributed by atoms with van der Waals surface area (Å²) in [6, 6.07) is 0. The third kappa shape index (κ3) is 69.6. The van der Waals surface area contributed by atoms with Crippen molar-refractivity contribution in [3.8, 4) is 0 Å². The molecule has 0 atom stereocenters. The van der Waals surface area contributed by atoms with E-state index in [4.69, 9.17) is 17.5 Å². The molecule has 4 nitrogen and oxygen atoms in total. The summed E-state index contributed by atoms with van der Waals surface area (Å²) >= 11 is 0. The van der Waals surface area contributed by atoms with Gasteiger partial charge in [-0.25, -0.2) is 0 Å². The number of hydrogen-bond donors (Lipinski definition) is 2. The molecule has 0 amide bonds. The minimum Gasteiger partial charge on any atom is -1.00 e. The van der Waals surface area contributed by atoms with Crippen molar-refractivity contribution in [3.05, 3.63) is 0 Å². The third-order valence-electron chi connectivity index (χ3n) is 0. The Labute approximate surface area is 96.4 Å². The van der Waals surface area contributed by atoms with Crippen LogP contribution in [0.15, 0.2) is 0 Å². The Balaban J connectivity index is -0.0000000133. The monoisotopic (exact) mass is 236 g/mol. The van der Waals surface area contributed by atoms with Gasteiger partial charge in [0.05, 0.1) is 0 Å². The van der Waals surface area contributed by atoms with Gasteiger partial charge in [-0.2, -0.15) is 8.42 Å². The first-order valence-electron chi connectivity index (χ1n) is 0.698. The van der Waals surface area contributed by atoms with Gasteiger partial charge in [-0.1, -0.05) is 0 Å². The van der Waals surface area contributed by atoms with E-state index < -0.39 is 10.4 Å². The molecular formula is H4O4SSrTi. The van der Waals surface area contributed by atoms with Gasteiger partial charge in [-0.3, -0.25) is 9.11 Å². The summed E-state index contributed by atoms with van der Waals surface area (Å²) < 4.78 is 31.6. The Kier molecular flexibility index (Phi) is 14.2. The van der Waals surface area contributed by atoms with Crippen LogP contribution in [0, 0.1) is 0 Å². The first kappa shape index (κ1) is 16.0. The summed E-state index contributed by atoms with van der Waals surface area (Å²) in [5, 5.41) is 0. The van der Waals surface area contributed by atoms with Gasteiger partial charge in [0.1, 0.15) is 0 Å². The van der Waals surface area contributed by atoms with Gasteiger partial charge >= 0.3 is 55.9 Å². The van der Waals surface area contributed by atoms with Crippen molar-refractivity contribution >= 4 is 55.9 Å². The summed E-state index contributed by atoms with van der Waals surface area (Å²) in [4.78, 5) is 0. The minimum absolute atomic E-state index is 0. The van der Waals surface area contributed by atoms with E-state index in [9.17, 15) is 0 Å². The fourth-order valence-corrected chi connectivity index (χ4v) is 0. The van der Waals surface area contributed by atoms with Gasteiger partial charge in [0.2, 0.25) is 0 Å². The summed E-state index contributed by atoms with van der Waals surface area (Å²) in [7, 11) is -4.67. The molecule has 2 N–H and O–H groups in total. The molecule has 0 heterocycles. The molecule has 0 unspecified atom stereocenters. The van der Waals surface area contributed by atoms with Gasteiger partial charge in [0.25, 0.3) is 0 Å². The van der Waals surface area contributed by atoms with E-state index >= 15 is 0 Å². The molecule has 40 valence electrons. The molecule has 0 aromatic heterocycles. The van der Waals surface area contributed by atoms with Crippen molar-refractivity contribution in [2.75, 3.05) is 0 Å². The van der Waals surface area contributed by atoms with E-state index in [-0.39, 0.29) is 70.1 Å². The summed E-state index contributed by atoms with van der Waals surface area (Å²) in [6.45, 7) is 0. The maximum absolute atomic E-state index is 8.74. The van der Waals surface area contributed by atoms with Crippen molar-refractivity contribution in [2.45, 2.75) is 0 Å². The molecule has 7 heteroatoms. The minimum atomic E-state index is -4.67. The molecule has 7 heavy (non-hydrogen) atoms. The maximum Gasteiger partial charge on any atom is 2.00 e. The van der Waals surface area contributed by atoms with Crippen molar-refractivity contribution in [1.82, 2.24) is 0 Å². The second-order valence-corrected chi connectivity index (χ2v) is 1.34. The second kappa shape index (κ2) is 6.19. The molecule has 0 aliphatic heterocycles. The fourth-order valence-electron chi connectivity index (χ4n) is 0. The third-order valence-corrected chi connectivity index (χ3v) is 0. The second-order valence-electron chi connectivity index (χ2n) is 0.448. The molecule has 0 bridgehead atoms. The van der Waals surface area contributed by atoms with Gasteiger partial charge in [-0.15, -0.1) is 0 Å². The maximum atomic E-state index is 8.74. The van der Waals surface area contributed by atoms with Gasteiger partial charge < -0.3 is 2.85 Å². The molecule has 0 rings (SSSR count).